The molecule has 0 aliphatic carbocycles. The summed E-state index contributed by atoms with van der Waals surface area (Å²) in [6, 6.07) is 15.4. The maximum atomic E-state index is 12.5. The SMILES string of the molecule is COc1ccc(OC)c(C(=O)NCc2ccc(NC(=O)c3ccco3)cc2)c1. The average molecular weight is 380 g/mol. The Hall–Kier alpha value is -3.74. The average Bonchev–Trinajstić information content (AvgIpc) is 3.27. The van der Waals surface area contributed by atoms with Crippen LogP contribution < -0.4 is 20.1 Å². The Morgan fingerprint density at radius 2 is 1.75 bits per heavy atom. The van der Waals surface area contributed by atoms with Crippen LogP contribution in [0.4, 0.5) is 5.69 Å². The minimum absolute atomic E-state index is 0.239. The highest BCUT2D eigenvalue weighted by Gasteiger charge is 2.13. The zero-order chi connectivity index (χ0) is 19.9. The first-order valence-electron chi connectivity index (χ1n) is 8.54. The van der Waals surface area contributed by atoms with Crippen LogP contribution in [0, 0.1) is 0 Å². The summed E-state index contributed by atoms with van der Waals surface area (Å²) >= 11 is 0. The van der Waals surface area contributed by atoms with Crippen molar-refractivity contribution in [1.82, 2.24) is 5.32 Å². The van der Waals surface area contributed by atoms with Crippen molar-refractivity contribution in [2.45, 2.75) is 6.54 Å². The lowest BCUT2D eigenvalue weighted by Crippen LogP contribution is -2.23. The van der Waals surface area contributed by atoms with Gasteiger partial charge in [-0.2, -0.15) is 0 Å². The molecule has 0 bridgehead atoms. The molecule has 0 radical (unpaired) electrons. The fourth-order valence-electron chi connectivity index (χ4n) is 2.58. The van der Waals surface area contributed by atoms with Crippen LogP contribution in [0.2, 0.25) is 0 Å². The molecule has 2 amide bonds. The molecule has 7 heteroatoms. The first kappa shape index (κ1) is 19.0. The van der Waals surface area contributed by atoms with Gasteiger partial charge in [0.2, 0.25) is 0 Å². The van der Waals surface area contributed by atoms with Gasteiger partial charge in [0.1, 0.15) is 11.5 Å². The summed E-state index contributed by atoms with van der Waals surface area (Å²) in [6.45, 7) is 0.325. The monoisotopic (exact) mass is 380 g/mol. The molecular formula is C21H20N2O5. The molecule has 0 spiro atoms. The third-order valence-electron chi connectivity index (χ3n) is 4.06. The van der Waals surface area contributed by atoms with Crippen molar-refractivity contribution < 1.29 is 23.5 Å². The van der Waals surface area contributed by atoms with Crippen molar-refractivity contribution >= 4 is 17.5 Å². The Morgan fingerprint density at radius 3 is 2.39 bits per heavy atom. The number of furan rings is 1. The quantitative estimate of drug-likeness (QED) is 0.655. The highest BCUT2D eigenvalue weighted by atomic mass is 16.5. The third-order valence-corrected chi connectivity index (χ3v) is 4.06. The first-order valence-corrected chi connectivity index (χ1v) is 8.54. The molecule has 0 saturated carbocycles. The molecule has 2 aromatic carbocycles. The van der Waals surface area contributed by atoms with E-state index in [9.17, 15) is 9.59 Å². The number of hydrogen-bond acceptors (Lipinski definition) is 5. The summed E-state index contributed by atoms with van der Waals surface area (Å²) in [5, 5.41) is 5.59. The van der Waals surface area contributed by atoms with Crippen LogP contribution in [0.15, 0.2) is 65.3 Å². The number of anilines is 1. The van der Waals surface area contributed by atoms with Crippen LogP contribution in [0.5, 0.6) is 11.5 Å². The number of carbonyl (C=O) groups is 2. The fraction of sp³-hybridized carbons (Fsp3) is 0.143. The minimum Gasteiger partial charge on any atom is -0.497 e. The van der Waals surface area contributed by atoms with E-state index in [0.29, 0.717) is 29.3 Å². The van der Waals surface area contributed by atoms with E-state index >= 15 is 0 Å². The maximum Gasteiger partial charge on any atom is 0.291 e. The van der Waals surface area contributed by atoms with E-state index < -0.39 is 0 Å². The van der Waals surface area contributed by atoms with Crippen molar-refractivity contribution in [3.63, 3.8) is 0 Å². The molecule has 1 heterocycles. The van der Waals surface area contributed by atoms with Crippen molar-refractivity contribution in [2.75, 3.05) is 19.5 Å². The van der Waals surface area contributed by atoms with Gasteiger partial charge in [-0.3, -0.25) is 9.59 Å². The minimum atomic E-state index is -0.323. The van der Waals surface area contributed by atoms with Crippen LogP contribution in [0.25, 0.3) is 0 Å². The molecule has 0 atom stereocenters. The molecule has 0 aliphatic heterocycles. The van der Waals surface area contributed by atoms with Crippen LogP contribution in [-0.2, 0) is 6.54 Å². The van der Waals surface area contributed by atoms with Gasteiger partial charge in [-0.05, 0) is 48.0 Å². The van der Waals surface area contributed by atoms with E-state index in [-0.39, 0.29) is 17.6 Å². The number of methoxy groups -OCH3 is 2. The predicted octanol–water partition coefficient (Wildman–Crippen LogP) is 3.48. The van der Waals surface area contributed by atoms with E-state index in [1.807, 2.05) is 12.1 Å². The highest BCUT2D eigenvalue weighted by Crippen LogP contribution is 2.24. The van der Waals surface area contributed by atoms with Crippen LogP contribution in [-0.4, -0.2) is 26.0 Å². The van der Waals surface area contributed by atoms with Crippen LogP contribution in [0.3, 0.4) is 0 Å². The molecule has 0 saturated heterocycles. The standard InChI is InChI=1S/C21H20N2O5/c1-26-16-9-10-18(27-2)17(12-16)20(24)22-13-14-5-7-15(8-6-14)23-21(25)19-4-3-11-28-19/h3-12H,13H2,1-2H3,(H,22,24)(H,23,25). The predicted molar refractivity (Wildman–Crippen MR) is 104 cm³/mol. The van der Waals surface area contributed by atoms with Gasteiger partial charge in [0, 0.05) is 12.2 Å². The lowest BCUT2D eigenvalue weighted by atomic mass is 10.1. The molecule has 7 nitrogen and oxygen atoms in total. The van der Waals surface area contributed by atoms with Gasteiger partial charge in [0.05, 0.1) is 26.0 Å². The van der Waals surface area contributed by atoms with Gasteiger partial charge in [-0.15, -0.1) is 0 Å². The second-order valence-electron chi connectivity index (χ2n) is 5.88. The summed E-state index contributed by atoms with van der Waals surface area (Å²) < 4.78 is 15.5. The van der Waals surface area contributed by atoms with Crippen molar-refractivity contribution in [1.29, 1.82) is 0 Å². The summed E-state index contributed by atoms with van der Waals surface area (Å²) in [6.07, 6.45) is 1.44. The second kappa shape index (κ2) is 8.77. The number of nitrogens with one attached hydrogen (secondary N) is 2. The smallest absolute Gasteiger partial charge is 0.291 e. The largest absolute Gasteiger partial charge is 0.497 e. The highest BCUT2D eigenvalue weighted by molar-refractivity contribution is 6.02. The summed E-state index contributed by atoms with van der Waals surface area (Å²) in [5.74, 6) is 0.683. The second-order valence-corrected chi connectivity index (χ2v) is 5.88. The zero-order valence-electron chi connectivity index (χ0n) is 15.5. The number of rotatable bonds is 7. The Morgan fingerprint density at radius 1 is 0.964 bits per heavy atom. The molecule has 0 unspecified atom stereocenters. The molecule has 28 heavy (non-hydrogen) atoms. The number of amides is 2. The number of benzene rings is 2. The van der Waals surface area contributed by atoms with Gasteiger partial charge in [-0.1, -0.05) is 12.1 Å². The van der Waals surface area contributed by atoms with Gasteiger partial charge in [-0.25, -0.2) is 0 Å². The topological polar surface area (TPSA) is 89.8 Å². The normalized spacial score (nSPS) is 10.2. The molecule has 0 fully saturated rings. The Bertz CT molecular complexity index is 949. The molecular weight excluding hydrogens is 360 g/mol. The zero-order valence-corrected chi connectivity index (χ0v) is 15.5. The van der Waals surface area contributed by atoms with Gasteiger partial charge in [0.25, 0.3) is 11.8 Å². The Labute approximate surface area is 162 Å². The first-order chi connectivity index (χ1) is 13.6. The van der Waals surface area contributed by atoms with Gasteiger partial charge >= 0.3 is 0 Å². The molecule has 3 rings (SSSR count). The van der Waals surface area contributed by atoms with Crippen molar-refractivity contribution in [2.24, 2.45) is 0 Å². The third kappa shape index (κ3) is 4.50. The summed E-state index contributed by atoms with van der Waals surface area (Å²) in [5.41, 5.74) is 1.90. The number of carbonyl (C=O) groups excluding carboxylic acids is 2. The Balaban J connectivity index is 1.60. The van der Waals surface area contributed by atoms with E-state index in [2.05, 4.69) is 10.6 Å². The van der Waals surface area contributed by atoms with Crippen molar-refractivity contribution in [3.05, 3.63) is 77.7 Å². The molecule has 1 aromatic heterocycles. The van der Waals surface area contributed by atoms with Crippen LogP contribution in [0.1, 0.15) is 26.5 Å². The number of ether oxygens (including phenoxy) is 2. The lowest BCUT2D eigenvalue weighted by molar-refractivity contribution is 0.0946. The van der Waals surface area contributed by atoms with Gasteiger partial charge < -0.3 is 24.5 Å². The summed E-state index contributed by atoms with van der Waals surface area (Å²) in [4.78, 5) is 24.5. The van der Waals surface area contributed by atoms with E-state index in [0.717, 1.165) is 5.56 Å². The summed E-state index contributed by atoms with van der Waals surface area (Å²) in [7, 11) is 3.05. The maximum absolute atomic E-state index is 12.5. The van der Waals surface area contributed by atoms with Crippen molar-refractivity contribution in [3.8, 4) is 11.5 Å². The molecule has 3 aromatic rings. The van der Waals surface area contributed by atoms with E-state index in [1.165, 1.54) is 20.5 Å². The number of hydrogen-bond donors (Lipinski definition) is 2. The van der Waals surface area contributed by atoms with Crippen LogP contribution >= 0.6 is 0 Å². The fourth-order valence-corrected chi connectivity index (χ4v) is 2.58. The molecule has 144 valence electrons. The molecule has 0 aliphatic rings. The Kier molecular flexibility index (Phi) is 5.96. The van der Waals surface area contributed by atoms with Gasteiger partial charge in [0.15, 0.2) is 5.76 Å². The molecule has 2 N–H and O–H groups in total. The van der Waals surface area contributed by atoms with E-state index in [4.69, 9.17) is 13.9 Å². The lowest BCUT2D eigenvalue weighted by Gasteiger charge is -2.11. The van der Waals surface area contributed by atoms with E-state index in [1.54, 1.807) is 42.5 Å².